The van der Waals surface area contributed by atoms with Gasteiger partial charge in [0.1, 0.15) is 11.5 Å². The van der Waals surface area contributed by atoms with E-state index in [0.29, 0.717) is 29.1 Å². The Morgan fingerprint density at radius 2 is 2.03 bits per heavy atom. The van der Waals surface area contributed by atoms with Gasteiger partial charge in [0.05, 0.1) is 22.8 Å². The number of carbonyl (C=O) groups excluding carboxylic acids is 3. The number of hydrogen-bond donors (Lipinski definition) is 1. The third kappa shape index (κ3) is 5.14. The Balaban J connectivity index is 1.96. The Kier molecular flexibility index (Phi) is 8.11. The van der Waals surface area contributed by atoms with Gasteiger partial charge >= 0.3 is 5.97 Å². The van der Waals surface area contributed by atoms with Gasteiger partial charge in [-0.05, 0) is 61.7 Å². The van der Waals surface area contributed by atoms with Crippen molar-refractivity contribution in [1.29, 1.82) is 0 Å². The van der Waals surface area contributed by atoms with Gasteiger partial charge in [-0.3, -0.25) is 14.5 Å². The minimum absolute atomic E-state index is 0.0506. The lowest BCUT2D eigenvalue weighted by molar-refractivity contribution is -0.140. The van der Waals surface area contributed by atoms with E-state index in [9.17, 15) is 14.4 Å². The molecule has 0 radical (unpaired) electrons. The first kappa shape index (κ1) is 25.0. The van der Waals surface area contributed by atoms with Crippen LogP contribution in [0.15, 0.2) is 51.5 Å². The van der Waals surface area contributed by atoms with Crippen molar-refractivity contribution in [1.82, 2.24) is 4.90 Å². The lowest BCUT2D eigenvalue weighted by Gasteiger charge is -2.27. The molecule has 1 aromatic carbocycles. The maximum atomic E-state index is 13.0. The molecule has 1 aliphatic heterocycles. The van der Waals surface area contributed by atoms with E-state index in [-0.39, 0.29) is 47.9 Å². The molecule has 34 heavy (non-hydrogen) atoms. The molecule has 2 heterocycles. The molecule has 0 unspecified atom stereocenters. The zero-order valence-electron chi connectivity index (χ0n) is 18.9. The summed E-state index contributed by atoms with van der Waals surface area (Å²) in [6, 6.07) is 8.23. The van der Waals surface area contributed by atoms with Crippen LogP contribution in [0.2, 0.25) is 5.02 Å². The molecule has 2 aromatic rings. The smallest absolute Gasteiger partial charge is 0.339 e. The summed E-state index contributed by atoms with van der Waals surface area (Å²) in [5.41, 5.74) is 1.52. The number of rotatable bonds is 8. The van der Waals surface area contributed by atoms with Gasteiger partial charge in [0.2, 0.25) is 0 Å². The molecule has 0 saturated heterocycles. The van der Waals surface area contributed by atoms with E-state index in [1.807, 2.05) is 6.92 Å². The molecule has 176 valence electrons. The molecule has 0 fully saturated rings. The van der Waals surface area contributed by atoms with Gasteiger partial charge in [-0.25, -0.2) is 4.79 Å². The highest BCUT2D eigenvalue weighted by atomic mass is 35.5. The first-order valence-electron chi connectivity index (χ1n) is 10.8. The van der Waals surface area contributed by atoms with Crippen molar-refractivity contribution in [3.05, 3.63) is 63.4 Å². The number of halogens is 1. The van der Waals surface area contributed by atoms with Crippen molar-refractivity contribution in [2.75, 3.05) is 19.8 Å². The molecule has 0 saturated carbocycles. The molecule has 1 aliphatic rings. The molecule has 7 nitrogen and oxygen atoms in total. The minimum atomic E-state index is -0.556. The van der Waals surface area contributed by atoms with Crippen molar-refractivity contribution in [3.8, 4) is 23.7 Å². The summed E-state index contributed by atoms with van der Waals surface area (Å²) in [5, 5.41) is 9.37. The SMILES string of the molecule is C#CC1=C(C)/C(=C/c2ccc(-c3ccc(Cl)c(C(=O)OCCC)c3)o2)C(=O)N(CCCO)C1=O. The molecule has 0 aliphatic carbocycles. The number of aliphatic hydroxyl groups is 1. The summed E-state index contributed by atoms with van der Waals surface area (Å²) in [6.07, 6.45) is 7.97. The molecular formula is C26H24ClNO6. The molecule has 1 aromatic heterocycles. The van der Waals surface area contributed by atoms with E-state index >= 15 is 0 Å². The predicted octanol–water partition coefficient (Wildman–Crippen LogP) is 4.25. The molecule has 0 bridgehead atoms. The van der Waals surface area contributed by atoms with Crippen molar-refractivity contribution in [2.24, 2.45) is 0 Å². The van der Waals surface area contributed by atoms with Gasteiger partial charge in [-0.15, -0.1) is 6.42 Å². The van der Waals surface area contributed by atoms with Gasteiger partial charge in [-0.2, -0.15) is 0 Å². The second-order valence-corrected chi connectivity index (χ2v) is 7.98. The molecule has 8 heteroatoms. The summed E-state index contributed by atoms with van der Waals surface area (Å²) in [6.45, 7) is 3.68. The monoisotopic (exact) mass is 481 g/mol. The third-order valence-corrected chi connectivity index (χ3v) is 5.55. The van der Waals surface area contributed by atoms with Crippen LogP contribution in [0, 0.1) is 12.3 Å². The van der Waals surface area contributed by atoms with Crippen molar-refractivity contribution in [2.45, 2.75) is 26.7 Å². The number of aliphatic hydroxyl groups excluding tert-OH is 1. The molecule has 1 N–H and O–H groups in total. The number of furan rings is 1. The quantitative estimate of drug-likeness (QED) is 0.262. The maximum Gasteiger partial charge on any atom is 0.339 e. The number of amides is 2. The summed E-state index contributed by atoms with van der Waals surface area (Å²) in [7, 11) is 0. The number of imide groups is 1. The Bertz CT molecular complexity index is 1230. The molecular weight excluding hydrogens is 458 g/mol. The fraction of sp³-hybridized carbons (Fsp3) is 0.269. The molecule has 3 rings (SSSR count). The zero-order chi connectivity index (χ0) is 24.8. The number of carbonyl (C=O) groups is 3. The first-order valence-corrected chi connectivity index (χ1v) is 11.1. The average Bonchev–Trinajstić information content (AvgIpc) is 3.29. The van der Waals surface area contributed by atoms with Crippen molar-refractivity contribution >= 4 is 35.5 Å². The number of ether oxygens (including phenoxy) is 1. The van der Waals surface area contributed by atoms with Crippen LogP contribution in [0.4, 0.5) is 0 Å². The maximum absolute atomic E-state index is 13.0. The van der Waals surface area contributed by atoms with Gasteiger partial charge in [0.15, 0.2) is 0 Å². The topological polar surface area (TPSA) is 97.1 Å². The minimum Gasteiger partial charge on any atom is -0.462 e. The van der Waals surface area contributed by atoms with E-state index in [4.69, 9.17) is 32.3 Å². The number of esters is 1. The average molecular weight is 482 g/mol. The number of nitrogens with zero attached hydrogens (tertiary/aromatic N) is 1. The van der Waals surface area contributed by atoms with Crippen LogP contribution in [-0.4, -0.2) is 47.5 Å². The second-order valence-electron chi connectivity index (χ2n) is 7.57. The normalized spacial score (nSPS) is 15.1. The predicted molar refractivity (Wildman–Crippen MR) is 128 cm³/mol. The van der Waals surface area contributed by atoms with E-state index in [2.05, 4.69) is 5.92 Å². The van der Waals surface area contributed by atoms with Crippen LogP contribution < -0.4 is 0 Å². The van der Waals surface area contributed by atoms with E-state index in [0.717, 1.165) is 4.90 Å². The van der Waals surface area contributed by atoms with Crippen LogP contribution in [0.1, 0.15) is 42.8 Å². The number of benzene rings is 1. The highest BCUT2D eigenvalue weighted by Crippen LogP contribution is 2.31. The van der Waals surface area contributed by atoms with Crippen LogP contribution in [-0.2, 0) is 14.3 Å². The number of hydrogen-bond acceptors (Lipinski definition) is 6. The van der Waals surface area contributed by atoms with Gasteiger partial charge in [-0.1, -0.05) is 24.4 Å². The summed E-state index contributed by atoms with van der Waals surface area (Å²) >= 11 is 6.17. The van der Waals surface area contributed by atoms with Crippen molar-refractivity contribution in [3.63, 3.8) is 0 Å². The van der Waals surface area contributed by atoms with Crippen LogP contribution in [0.5, 0.6) is 0 Å². The van der Waals surface area contributed by atoms with Crippen molar-refractivity contribution < 1.29 is 28.6 Å². The van der Waals surface area contributed by atoms with Gasteiger partial charge in [0.25, 0.3) is 11.8 Å². The van der Waals surface area contributed by atoms with Gasteiger partial charge in [0, 0.05) is 24.3 Å². The van der Waals surface area contributed by atoms with Crippen LogP contribution in [0.25, 0.3) is 17.4 Å². The van der Waals surface area contributed by atoms with Gasteiger partial charge < -0.3 is 14.3 Å². The standard InChI is InChI=1S/C26H24ClNO6/c1-4-13-33-26(32)21-14-17(7-9-22(21)27)23-10-8-18(34-23)15-20-16(3)19(5-2)24(30)28(25(20)31)11-6-12-29/h2,7-10,14-15,29H,4,6,11-13H2,1,3H3/b20-15-. The summed E-state index contributed by atoms with van der Waals surface area (Å²) in [5.74, 6) is 1.57. The highest BCUT2D eigenvalue weighted by molar-refractivity contribution is 6.33. The Morgan fingerprint density at radius 3 is 2.71 bits per heavy atom. The Labute approximate surface area is 202 Å². The lowest BCUT2D eigenvalue weighted by atomic mass is 9.94. The first-order chi connectivity index (χ1) is 16.3. The Morgan fingerprint density at radius 1 is 1.26 bits per heavy atom. The number of terminal acetylenes is 1. The van der Waals surface area contributed by atoms with E-state index in [1.165, 1.54) is 6.08 Å². The third-order valence-electron chi connectivity index (χ3n) is 5.22. The fourth-order valence-electron chi connectivity index (χ4n) is 3.44. The summed E-state index contributed by atoms with van der Waals surface area (Å²) < 4.78 is 11.1. The van der Waals surface area contributed by atoms with Crippen LogP contribution >= 0.6 is 11.6 Å². The highest BCUT2D eigenvalue weighted by Gasteiger charge is 2.34. The lowest BCUT2D eigenvalue weighted by Crippen LogP contribution is -2.43. The molecule has 2 amide bonds. The second kappa shape index (κ2) is 11.0. The largest absolute Gasteiger partial charge is 0.462 e. The zero-order valence-corrected chi connectivity index (χ0v) is 19.6. The fourth-order valence-corrected chi connectivity index (χ4v) is 3.63. The molecule has 0 spiro atoms. The van der Waals surface area contributed by atoms with E-state index in [1.54, 1.807) is 37.3 Å². The van der Waals surface area contributed by atoms with Crippen LogP contribution in [0.3, 0.4) is 0 Å². The summed E-state index contributed by atoms with van der Waals surface area (Å²) in [4.78, 5) is 38.9. The Hall–Kier alpha value is -3.60. The molecule has 0 atom stereocenters. The van der Waals surface area contributed by atoms with E-state index < -0.39 is 17.8 Å².